The van der Waals surface area contributed by atoms with E-state index in [4.69, 9.17) is 23.9 Å². The normalized spacial score (nSPS) is 15.0. The second-order valence-electron chi connectivity index (χ2n) is 9.42. The number of thiazole rings is 1. The molecule has 0 spiro atoms. The Balaban J connectivity index is 1.85. The zero-order chi connectivity index (χ0) is 29.1. The lowest BCUT2D eigenvalue weighted by molar-refractivity contribution is -0.139. The molecule has 0 radical (unpaired) electrons. The van der Waals surface area contributed by atoms with E-state index in [2.05, 4.69) is 0 Å². The maximum atomic E-state index is 14.3. The van der Waals surface area contributed by atoms with E-state index in [1.165, 1.54) is 11.3 Å². The van der Waals surface area contributed by atoms with E-state index in [0.717, 1.165) is 22.8 Å². The third-order valence-corrected chi connectivity index (χ3v) is 8.03. The first-order valence-corrected chi connectivity index (χ1v) is 14.3. The fourth-order valence-corrected chi connectivity index (χ4v) is 6.20. The van der Waals surface area contributed by atoms with Crippen LogP contribution in [0.3, 0.4) is 0 Å². The summed E-state index contributed by atoms with van der Waals surface area (Å²) < 4.78 is 24.5. The minimum atomic E-state index is -0.825. The highest BCUT2D eigenvalue weighted by atomic mass is 32.1. The molecule has 0 fully saturated rings. The first kappa shape index (κ1) is 28.2. The Morgan fingerprint density at radius 1 is 1.00 bits per heavy atom. The van der Waals surface area contributed by atoms with Crippen LogP contribution in [0.25, 0.3) is 16.8 Å². The summed E-state index contributed by atoms with van der Waals surface area (Å²) in [6, 6.07) is 16.4. The van der Waals surface area contributed by atoms with Crippen LogP contribution >= 0.6 is 11.3 Å². The molecule has 4 aromatic rings. The van der Waals surface area contributed by atoms with Crippen LogP contribution in [-0.4, -0.2) is 38.5 Å². The Bertz CT molecular complexity index is 1840. The van der Waals surface area contributed by atoms with Gasteiger partial charge in [0.25, 0.3) is 5.56 Å². The fraction of sp³-hybridized carbons (Fsp3) is 0.281. The lowest BCUT2D eigenvalue weighted by Crippen LogP contribution is -2.40. The van der Waals surface area contributed by atoms with Crippen molar-refractivity contribution in [2.75, 3.05) is 27.9 Å². The average molecular weight is 573 g/mol. The Labute approximate surface area is 241 Å². The number of hydrogen-bond donors (Lipinski definition) is 0. The highest BCUT2D eigenvalue weighted by Gasteiger charge is 2.36. The molecule has 0 aliphatic carbocycles. The van der Waals surface area contributed by atoms with Gasteiger partial charge in [0.15, 0.2) is 4.80 Å². The van der Waals surface area contributed by atoms with Crippen LogP contribution in [0.2, 0.25) is 0 Å². The van der Waals surface area contributed by atoms with Gasteiger partial charge in [0, 0.05) is 11.1 Å². The van der Waals surface area contributed by atoms with Crippen LogP contribution in [0.1, 0.15) is 43.9 Å². The third kappa shape index (κ3) is 5.13. The van der Waals surface area contributed by atoms with Gasteiger partial charge in [-0.25, -0.2) is 9.79 Å². The molecule has 9 heteroatoms. The van der Waals surface area contributed by atoms with Crippen molar-refractivity contribution in [3.05, 3.63) is 96.7 Å². The Morgan fingerprint density at radius 2 is 1.76 bits per heavy atom. The summed E-state index contributed by atoms with van der Waals surface area (Å²) in [5.41, 5.74) is 2.04. The van der Waals surface area contributed by atoms with E-state index in [1.807, 2.05) is 49.4 Å². The number of carbonyl (C=O) groups excluding carboxylic acids is 1. The second-order valence-corrected chi connectivity index (χ2v) is 10.4. The minimum absolute atomic E-state index is 0.189. The molecular formula is C32H32N2O6S. The Kier molecular flexibility index (Phi) is 8.26. The van der Waals surface area contributed by atoms with Crippen LogP contribution < -0.4 is 29.1 Å². The molecule has 0 bridgehead atoms. The van der Waals surface area contributed by atoms with Crippen LogP contribution in [0.4, 0.5) is 0 Å². The average Bonchev–Trinajstić information content (AvgIpc) is 3.30. The predicted octanol–water partition coefficient (Wildman–Crippen LogP) is 4.76. The molecule has 41 heavy (non-hydrogen) atoms. The summed E-state index contributed by atoms with van der Waals surface area (Å²) in [4.78, 5) is 33.1. The number of fused-ring (bicyclic) bond motifs is 2. The predicted molar refractivity (Wildman–Crippen MR) is 160 cm³/mol. The van der Waals surface area contributed by atoms with Gasteiger partial charge in [0.2, 0.25) is 0 Å². The fourth-order valence-electron chi connectivity index (χ4n) is 5.20. The summed E-state index contributed by atoms with van der Waals surface area (Å²) in [6.07, 6.45) is 3.14. The number of aromatic nitrogens is 1. The van der Waals surface area contributed by atoms with Crippen molar-refractivity contribution < 1.29 is 23.7 Å². The maximum absolute atomic E-state index is 14.3. The summed E-state index contributed by atoms with van der Waals surface area (Å²) >= 11 is 1.28. The third-order valence-electron chi connectivity index (χ3n) is 7.05. The van der Waals surface area contributed by atoms with Gasteiger partial charge in [-0.2, -0.15) is 0 Å². The number of esters is 1. The Hall–Kier alpha value is -4.37. The zero-order valence-electron chi connectivity index (χ0n) is 23.7. The molecule has 0 unspecified atom stereocenters. The van der Waals surface area contributed by atoms with Gasteiger partial charge < -0.3 is 18.9 Å². The van der Waals surface area contributed by atoms with E-state index in [-0.39, 0.29) is 12.2 Å². The first-order valence-electron chi connectivity index (χ1n) is 13.4. The first-order chi connectivity index (χ1) is 19.9. The van der Waals surface area contributed by atoms with Gasteiger partial charge in [-0.3, -0.25) is 9.36 Å². The zero-order valence-corrected chi connectivity index (χ0v) is 24.5. The summed E-state index contributed by atoms with van der Waals surface area (Å²) in [6.45, 7) is 3.97. The summed E-state index contributed by atoms with van der Waals surface area (Å²) in [7, 11) is 4.74. The molecule has 1 aliphatic rings. The van der Waals surface area contributed by atoms with Crippen molar-refractivity contribution in [2.24, 2.45) is 4.99 Å². The molecule has 5 rings (SSSR count). The van der Waals surface area contributed by atoms with Crippen molar-refractivity contribution in [1.82, 2.24) is 4.57 Å². The quantitative estimate of drug-likeness (QED) is 0.269. The molecule has 1 atom stereocenters. The second kappa shape index (κ2) is 12.0. The van der Waals surface area contributed by atoms with Crippen molar-refractivity contribution in [1.29, 1.82) is 0 Å². The molecule has 1 aliphatic heterocycles. The number of methoxy groups -OCH3 is 3. The van der Waals surface area contributed by atoms with Gasteiger partial charge in [-0.1, -0.05) is 55.0 Å². The topological polar surface area (TPSA) is 88.4 Å². The van der Waals surface area contributed by atoms with Crippen molar-refractivity contribution >= 4 is 34.2 Å². The highest BCUT2D eigenvalue weighted by Crippen LogP contribution is 2.39. The molecule has 8 nitrogen and oxygen atoms in total. The molecule has 0 amide bonds. The van der Waals surface area contributed by atoms with Gasteiger partial charge in [0.05, 0.1) is 43.7 Å². The standard InChI is InChI=1S/C32H32N2O6S/c1-6-10-24-28(31(36)40-7-2)29(23-17-20(37-3)14-16-26(23)39-5)34-30(35)27(41-32(34)33-24)18-22-21-12-9-8-11-19(21)13-15-25(22)38-4/h8-9,11-18,29H,6-7,10H2,1-5H3/b27-18+/t29-/m1/s1. The van der Waals surface area contributed by atoms with Gasteiger partial charge in [-0.15, -0.1) is 0 Å². The number of rotatable bonds is 9. The van der Waals surface area contributed by atoms with E-state index < -0.39 is 12.0 Å². The lowest BCUT2D eigenvalue weighted by atomic mass is 9.93. The van der Waals surface area contributed by atoms with E-state index in [1.54, 1.807) is 51.0 Å². The number of carbonyl (C=O) groups is 1. The van der Waals surface area contributed by atoms with Gasteiger partial charge in [0.1, 0.15) is 23.3 Å². The summed E-state index contributed by atoms with van der Waals surface area (Å²) in [5, 5.41) is 1.99. The maximum Gasteiger partial charge on any atom is 0.338 e. The SMILES string of the molecule is CCCC1=C(C(=O)OCC)[C@@H](c2cc(OC)ccc2OC)n2c(s/c(=C/c3c(OC)ccc4ccccc34)c2=O)=N1. The number of benzene rings is 3. The number of hydrogen-bond acceptors (Lipinski definition) is 8. The molecule has 3 aromatic carbocycles. The molecule has 212 valence electrons. The molecule has 0 saturated carbocycles. The lowest BCUT2D eigenvalue weighted by Gasteiger charge is -2.27. The van der Waals surface area contributed by atoms with E-state index in [9.17, 15) is 9.59 Å². The number of ether oxygens (including phenoxy) is 4. The smallest absolute Gasteiger partial charge is 0.338 e. The van der Waals surface area contributed by atoms with Crippen molar-refractivity contribution in [3.8, 4) is 17.2 Å². The van der Waals surface area contributed by atoms with E-state index >= 15 is 0 Å². The van der Waals surface area contributed by atoms with E-state index in [0.29, 0.717) is 49.8 Å². The molecule has 2 heterocycles. The Morgan fingerprint density at radius 3 is 2.46 bits per heavy atom. The monoisotopic (exact) mass is 572 g/mol. The highest BCUT2D eigenvalue weighted by molar-refractivity contribution is 7.07. The number of nitrogens with zero attached hydrogens (tertiary/aromatic N) is 2. The van der Waals surface area contributed by atoms with Crippen LogP contribution in [0.5, 0.6) is 17.2 Å². The molecule has 1 aromatic heterocycles. The number of allylic oxidation sites excluding steroid dienone is 1. The van der Waals surface area contributed by atoms with Crippen LogP contribution in [-0.2, 0) is 9.53 Å². The van der Waals surface area contributed by atoms with Crippen LogP contribution in [0.15, 0.2) is 75.7 Å². The minimum Gasteiger partial charge on any atom is -0.497 e. The molecule has 0 saturated heterocycles. The van der Waals surface area contributed by atoms with Gasteiger partial charge in [-0.05, 0) is 54.5 Å². The van der Waals surface area contributed by atoms with Crippen LogP contribution in [0, 0.1) is 0 Å². The van der Waals surface area contributed by atoms with Crippen molar-refractivity contribution in [3.63, 3.8) is 0 Å². The van der Waals surface area contributed by atoms with Crippen molar-refractivity contribution in [2.45, 2.75) is 32.7 Å². The largest absolute Gasteiger partial charge is 0.497 e. The molecule has 0 N–H and O–H groups in total. The van der Waals surface area contributed by atoms with Gasteiger partial charge >= 0.3 is 5.97 Å². The summed E-state index contributed by atoms with van der Waals surface area (Å²) in [5.74, 6) is 1.22. The molecular weight excluding hydrogens is 540 g/mol.